The lowest BCUT2D eigenvalue weighted by molar-refractivity contribution is 0.414. The Morgan fingerprint density at radius 1 is 1.20 bits per heavy atom. The molecule has 0 saturated heterocycles. The molecule has 6 nitrogen and oxygen atoms in total. The zero-order valence-electron chi connectivity index (χ0n) is 18.1. The number of methoxy groups -OCH3 is 1. The molecule has 0 N–H and O–H groups in total. The maximum Gasteiger partial charge on any atom is 0.215 e. The molecule has 0 bridgehead atoms. The van der Waals surface area contributed by atoms with Gasteiger partial charge < -0.3 is 4.74 Å². The molecule has 0 aliphatic heterocycles. The molecule has 1 aromatic heterocycles. The van der Waals surface area contributed by atoms with E-state index in [2.05, 4.69) is 20.9 Å². The van der Waals surface area contributed by atoms with Gasteiger partial charge in [-0.15, -0.1) is 11.3 Å². The zero-order chi connectivity index (χ0) is 22.7. The quantitative estimate of drug-likeness (QED) is 0.480. The Morgan fingerprint density at radius 3 is 2.27 bits per heavy atom. The Bertz CT molecular complexity index is 984. The minimum absolute atomic E-state index is 0.172. The van der Waals surface area contributed by atoms with E-state index >= 15 is 0 Å². The highest BCUT2D eigenvalue weighted by molar-refractivity contribution is 9.10. The van der Waals surface area contributed by atoms with Gasteiger partial charge in [0, 0.05) is 45.7 Å². The van der Waals surface area contributed by atoms with E-state index in [0.717, 1.165) is 11.3 Å². The number of hydrogen-bond acceptors (Lipinski definition) is 6. The normalized spacial score (nSPS) is 15.7. The first-order valence-corrected chi connectivity index (χ1v) is 13.9. The summed E-state index contributed by atoms with van der Waals surface area (Å²) in [6.45, 7) is 7.76. The van der Waals surface area contributed by atoms with Gasteiger partial charge in [-0.2, -0.15) is 0 Å². The highest BCUT2D eigenvalue weighted by Gasteiger charge is 2.40. The Kier molecular flexibility index (Phi) is 8.29. The molecule has 0 spiro atoms. The number of sulfonamides is 1. The van der Waals surface area contributed by atoms with Crippen LogP contribution >= 0.6 is 27.3 Å². The summed E-state index contributed by atoms with van der Waals surface area (Å²) >= 11 is 4.73. The molecule has 0 saturated carbocycles. The summed E-state index contributed by atoms with van der Waals surface area (Å²) in [7, 11) is -1.72. The molecule has 0 radical (unpaired) electrons. The van der Waals surface area contributed by atoms with Gasteiger partial charge in [-0.1, -0.05) is 19.1 Å². The van der Waals surface area contributed by atoms with E-state index in [0.29, 0.717) is 9.61 Å². The lowest BCUT2D eigenvalue weighted by Gasteiger charge is -2.31. The van der Waals surface area contributed by atoms with Gasteiger partial charge in [0.1, 0.15) is 15.4 Å². The Morgan fingerprint density at radius 2 is 1.80 bits per heavy atom. The minimum Gasteiger partial charge on any atom is -0.497 e. The van der Waals surface area contributed by atoms with E-state index in [1.165, 1.54) is 15.6 Å². The van der Waals surface area contributed by atoms with E-state index in [9.17, 15) is 12.6 Å². The third-order valence-electron chi connectivity index (χ3n) is 4.67. The molecule has 0 aliphatic rings. The number of halogens is 1. The van der Waals surface area contributed by atoms with Gasteiger partial charge in [0.2, 0.25) is 10.0 Å². The van der Waals surface area contributed by atoms with Crippen LogP contribution in [-0.4, -0.2) is 52.3 Å². The van der Waals surface area contributed by atoms with Gasteiger partial charge in [0.25, 0.3) is 0 Å². The lowest BCUT2D eigenvalue weighted by Crippen LogP contribution is -2.44. The summed E-state index contributed by atoms with van der Waals surface area (Å²) in [5.74, 6) is 0.761. The number of rotatable bonds is 9. The van der Waals surface area contributed by atoms with Crippen molar-refractivity contribution in [3.63, 3.8) is 0 Å². The molecule has 0 fully saturated rings. The van der Waals surface area contributed by atoms with Crippen LogP contribution in [0.4, 0.5) is 0 Å². The maximum atomic E-state index is 13.3. The predicted molar refractivity (Wildman–Crippen MR) is 128 cm³/mol. The zero-order valence-corrected chi connectivity index (χ0v) is 22.2. The van der Waals surface area contributed by atoms with Crippen LogP contribution in [0.25, 0.3) is 0 Å². The van der Waals surface area contributed by atoms with Crippen molar-refractivity contribution < 1.29 is 17.4 Å². The molecule has 0 unspecified atom stereocenters. The lowest BCUT2D eigenvalue weighted by atomic mass is 9.97. The standard InChI is InChI=1S/C20H29BrN2O4S3/c1-19(2,3)29(24)13-20(4,18-22-17(21)12-28-18)14-30(25,26)23(5)11-15-7-9-16(27-6)10-8-15/h7-10,12H,11,13-14H2,1-6H3/t20-,29-/m0/s1. The number of thiazole rings is 1. The summed E-state index contributed by atoms with van der Waals surface area (Å²) in [5, 5.41) is 2.48. The van der Waals surface area contributed by atoms with Crippen LogP contribution in [0.3, 0.4) is 0 Å². The van der Waals surface area contributed by atoms with Crippen LogP contribution in [0.2, 0.25) is 0 Å². The van der Waals surface area contributed by atoms with Gasteiger partial charge >= 0.3 is 0 Å². The first kappa shape index (κ1) is 25.5. The number of benzene rings is 1. The third kappa shape index (κ3) is 6.59. The number of nitrogens with zero attached hydrogens (tertiary/aromatic N) is 2. The second-order valence-electron chi connectivity index (χ2n) is 8.50. The van der Waals surface area contributed by atoms with E-state index in [1.807, 2.05) is 45.2 Å². The Labute approximate surface area is 194 Å². The van der Waals surface area contributed by atoms with Crippen LogP contribution in [0, 0.1) is 0 Å². The predicted octanol–water partition coefficient (Wildman–Crippen LogP) is 4.18. The second kappa shape index (κ2) is 9.77. The van der Waals surface area contributed by atoms with Gasteiger partial charge in [0.15, 0.2) is 0 Å². The number of hydrogen-bond donors (Lipinski definition) is 0. The average Bonchev–Trinajstić information content (AvgIpc) is 3.08. The summed E-state index contributed by atoms with van der Waals surface area (Å²) in [6.07, 6.45) is 0. The van der Waals surface area contributed by atoms with Gasteiger partial charge in [-0.3, -0.25) is 4.21 Å². The first-order valence-electron chi connectivity index (χ1n) is 9.34. The van der Waals surface area contributed by atoms with Crippen LogP contribution in [0.5, 0.6) is 5.75 Å². The van der Waals surface area contributed by atoms with E-state index in [1.54, 1.807) is 26.3 Å². The topological polar surface area (TPSA) is 76.6 Å². The average molecular weight is 538 g/mol. The fourth-order valence-corrected chi connectivity index (χ4v) is 7.39. The molecular formula is C20H29BrN2O4S3. The van der Waals surface area contributed by atoms with Gasteiger partial charge in [-0.25, -0.2) is 17.7 Å². The third-order valence-corrected chi connectivity index (χ3v) is 10.9. The van der Waals surface area contributed by atoms with Gasteiger partial charge in [0.05, 0.1) is 12.9 Å². The molecule has 0 amide bonds. The van der Waals surface area contributed by atoms with Crippen molar-refractivity contribution in [2.45, 2.75) is 44.4 Å². The molecule has 10 heteroatoms. The summed E-state index contributed by atoms with van der Waals surface area (Å²) < 4.78 is 46.1. The van der Waals surface area contributed by atoms with Crippen molar-refractivity contribution in [2.24, 2.45) is 0 Å². The van der Waals surface area contributed by atoms with Crippen LogP contribution in [0.15, 0.2) is 34.2 Å². The monoisotopic (exact) mass is 536 g/mol. The van der Waals surface area contributed by atoms with Crippen LogP contribution in [0.1, 0.15) is 38.3 Å². The fourth-order valence-electron chi connectivity index (χ4n) is 2.80. The van der Waals surface area contributed by atoms with Crippen molar-refractivity contribution in [2.75, 3.05) is 25.7 Å². The van der Waals surface area contributed by atoms with Crippen molar-refractivity contribution >= 4 is 48.1 Å². The molecule has 168 valence electrons. The molecule has 30 heavy (non-hydrogen) atoms. The highest BCUT2D eigenvalue weighted by Crippen LogP contribution is 2.34. The van der Waals surface area contributed by atoms with Crippen molar-refractivity contribution in [1.29, 1.82) is 0 Å². The van der Waals surface area contributed by atoms with Crippen molar-refractivity contribution in [3.8, 4) is 5.75 Å². The highest BCUT2D eigenvalue weighted by atomic mass is 79.9. The molecular weight excluding hydrogens is 508 g/mol. The van der Waals surface area contributed by atoms with Crippen molar-refractivity contribution in [1.82, 2.24) is 9.29 Å². The largest absolute Gasteiger partial charge is 0.497 e. The van der Waals surface area contributed by atoms with E-state index in [-0.39, 0.29) is 18.1 Å². The number of ether oxygens (including phenoxy) is 1. The number of aromatic nitrogens is 1. The fraction of sp³-hybridized carbons (Fsp3) is 0.550. The Hall–Kier alpha value is -0.810. The van der Waals surface area contributed by atoms with Gasteiger partial charge in [-0.05, 0) is 54.4 Å². The van der Waals surface area contributed by atoms with Crippen molar-refractivity contribution in [3.05, 3.63) is 44.8 Å². The molecule has 2 atom stereocenters. The van der Waals surface area contributed by atoms with E-state index in [4.69, 9.17) is 4.74 Å². The molecule has 0 aliphatic carbocycles. The molecule has 1 heterocycles. The first-order chi connectivity index (χ1) is 13.8. The molecule has 2 aromatic rings. The van der Waals surface area contributed by atoms with E-state index < -0.39 is 31.0 Å². The SMILES string of the molecule is COc1ccc(CN(C)S(=O)(=O)C[C@](C)(C[S@](=O)C(C)(C)C)c2nc(Br)cs2)cc1. The summed E-state index contributed by atoms with van der Waals surface area (Å²) in [4.78, 5) is 4.47. The summed E-state index contributed by atoms with van der Waals surface area (Å²) in [5.41, 5.74) is -0.0131. The maximum absolute atomic E-state index is 13.3. The van der Waals surface area contributed by atoms with Crippen LogP contribution < -0.4 is 4.74 Å². The molecule has 2 rings (SSSR count). The summed E-state index contributed by atoms with van der Waals surface area (Å²) in [6, 6.07) is 7.30. The molecule has 1 aromatic carbocycles. The minimum atomic E-state index is -3.64. The smallest absolute Gasteiger partial charge is 0.215 e. The Balaban J connectivity index is 2.28. The second-order valence-corrected chi connectivity index (χ2v) is 14.4. The van der Waals surface area contributed by atoms with Crippen LogP contribution in [-0.2, 0) is 32.8 Å².